The summed E-state index contributed by atoms with van der Waals surface area (Å²) in [6, 6.07) is 16.6. The molecule has 0 fully saturated rings. The van der Waals surface area contributed by atoms with Gasteiger partial charge in [0.15, 0.2) is 0 Å². The maximum absolute atomic E-state index is 5.46. The Bertz CT molecular complexity index is 522. The van der Waals surface area contributed by atoms with Gasteiger partial charge in [0, 0.05) is 12.1 Å². The Kier molecular flexibility index (Phi) is 4.99. The first-order valence-corrected chi connectivity index (χ1v) is 6.78. The van der Waals surface area contributed by atoms with Crippen molar-refractivity contribution in [1.82, 2.24) is 5.32 Å². The summed E-state index contributed by atoms with van der Waals surface area (Å²) in [5, 5.41) is 3.46. The Morgan fingerprint density at radius 2 is 1.63 bits per heavy atom. The topological polar surface area (TPSA) is 21.3 Å². The molecule has 2 heteroatoms. The molecule has 0 aliphatic rings. The van der Waals surface area contributed by atoms with Gasteiger partial charge in [0.25, 0.3) is 0 Å². The van der Waals surface area contributed by atoms with Crippen LogP contribution >= 0.6 is 0 Å². The van der Waals surface area contributed by atoms with Crippen LogP contribution in [0.15, 0.2) is 48.5 Å². The van der Waals surface area contributed by atoms with Gasteiger partial charge in [0.2, 0.25) is 0 Å². The van der Waals surface area contributed by atoms with Gasteiger partial charge in [-0.25, -0.2) is 0 Å². The van der Waals surface area contributed by atoms with Crippen LogP contribution in [0.1, 0.15) is 18.9 Å². The second-order valence-corrected chi connectivity index (χ2v) is 4.53. The highest BCUT2D eigenvalue weighted by molar-refractivity contribution is 5.73. The number of para-hydroxylation sites is 1. The van der Waals surface area contributed by atoms with Crippen LogP contribution in [0.5, 0.6) is 5.75 Å². The summed E-state index contributed by atoms with van der Waals surface area (Å²) in [5.74, 6) is 0.922. The highest BCUT2D eigenvalue weighted by atomic mass is 16.5. The summed E-state index contributed by atoms with van der Waals surface area (Å²) < 4.78 is 5.46. The van der Waals surface area contributed by atoms with Crippen LogP contribution in [0.2, 0.25) is 0 Å². The van der Waals surface area contributed by atoms with Crippen molar-refractivity contribution in [3.05, 3.63) is 54.1 Å². The molecule has 2 rings (SSSR count). The molecule has 100 valence electrons. The van der Waals surface area contributed by atoms with Gasteiger partial charge >= 0.3 is 0 Å². The van der Waals surface area contributed by atoms with E-state index < -0.39 is 0 Å². The Morgan fingerprint density at radius 1 is 0.947 bits per heavy atom. The van der Waals surface area contributed by atoms with Gasteiger partial charge in [0.05, 0.1) is 7.11 Å². The van der Waals surface area contributed by atoms with Crippen LogP contribution in [0.25, 0.3) is 11.1 Å². The lowest BCUT2D eigenvalue weighted by Gasteiger charge is -2.13. The van der Waals surface area contributed by atoms with Crippen LogP contribution in [0, 0.1) is 0 Å². The van der Waals surface area contributed by atoms with Crippen LogP contribution < -0.4 is 10.1 Å². The monoisotopic (exact) mass is 255 g/mol. The Hall–Kier alpha value is -1.80. The average Bonchev–Trinajstić information content (AvgIpc) is 2.48. The quantitative estimate of drug-likeness (QED) is 0.791. The molecule has 2 nitrogen and oxygen atoms in total. The molecule has 0 saturated carbocycles. The van der Waals surface area contributed by atoms with E-state index in [2.05, 4.69) is 42.6 Å². The second kappa shape index (κ2) is 6.95. The van der Waals surface area contributed by atoms with E-state index in [0.29, 0.717) is 0 Å². The van der Waals surface area contributed by atoms with E-state index in [0.717, 1.165) is 30.8 Å². The van der Waals surface area contributed by atoms with E-state index >= 15 is 0 Å². The van der Waals surface area contributed by atoms with Gasteiger partial charge < -0.3 is 10.1 Å². The lowest BCUT2D eigenvalue weighted by Crippen LogP contribution is -2.14. The number of benzene rings is 2. The molecule has 0 unspecified atom stereocenters. The molecule has 2 aromatic carbocycles. The maximum Gasteiger partial charge on any atom is 0.126 e. The third-order valence-electron chi connectivity index (χ3n) is 3.16. The zero-order chi connectivity index (χ0) is 13.5. The normalized spacial score (nSPS) is 10.4. The van der Waals surface area contributed by atoms with E-state index in [4.69, 9.17) is 4.74 Å². The largest absolute Gasteiger partial charge is 0.496 e. The van der Waals surface area contributed by atoms with Crippen molar-refractivity contribution in [2.45, 2.75) is 19.9 Å². The molecule has 0 aliphatic carbocycles. The SMILES string of the molecule is CCCNCc1ccccc1-c1ccccc1OC. The van der Waals surface area contributed by atoms with Crippen molar-refractivity contribution in [1.29, 1.82) is 0 Å². The fourth-order valence-corrected chi connectivity index (χ4v) is 2.20. The smallest absolute Gasteiger partial charge is 0.126 e. The number of rotatable bonds is 6. The molecule has 0 bridgehead atoms. The van der Waals surface area contributed by atoms with E-state index in [1.807, 2.05) is 18.2 Å². The zero-order valence-corrected chi connectivity index (χ0v) is 11.6. The van der Waals surface area contributed by atoms with Crippen molar-refractivity contribution in [3.8, 4) is 16.9 Å². The van der Waals surface area contributed by atoms with E-state index in [1.54, 1.807) is 7.11 Å². The van der Waals surface area contributed by atoms with E-state index in [-0.39, 0.29) is 0 Å². The van der Waals surface area contributed by atoms with Crippen molar-refractivity contribution in [2.75, 3.05) is 13.7 Å². The highest BCUT2D eigenvalue weighted by Crippen LogP contribution is 2.31. The summed E-state index contributed by atoms with van der Waals surface area (Å²) in [4.78, 5) is 0. The van der Waals surface area contributed by atoms with Gasteiger partial charge in [-0.2, -0.15) is 0 Å². The predicted molar refractivity (Wildman–Crippen MR) is 80.4 cm³/mol. The summed E-state index contributed by atoms with van der Waals surface area (Å²) in [7, 11) is 1.72. The number of methoxy groups -OCH3 is 1. The molecule has 0 saturated heterocycles. The van der Waals surface area contributed by atoms with Crippen LogP contribution in [-0.2, 0) is 6.54 Å². The predicted octanol–water partition coefficient (Wildman–Crippen LogP) is 3.86. The second-order valence-electron chi connectivity index (χ2n) is 4.53. The lowest BCUT2D eigenvalue weighted by molar-refractivity contribution is 0.416. The first-order chi connectivity index (χ1) is 9.36. The molecule has 0 spiro atoms. The average molecular weight is 255 g/mol. The standard InChI is InChI=1S/C17H21NO/c1-3-12-18-13-14-8-4-5-9-15(14)16-10-6-7-11-17(16)19-2/h4-11,18H,3,12-13H2,1-2H3. The van der Waals surface area contributed by atoms with Crippen molar-refractivity contribution in [2.24, 2.45) is 0 Å². The van der Waals surface area contributed by atoms with Crippen LogP contribution in [-0.4, -0.2) is 13.7 Å². The molecule has 0 amide bonds. The minimum absolute atomic E-state index is 0.891. The van der Waals surface area contributed by atoms with Crippen molar-refractivity contribution < 1.29 is 4.74 Å². The summed E-state index contributed by atoms with van der Waals surface area (Å²) >= 11 is 0. The summed E-state index contributed by atoms with van der Waals surface area (Å²) in [5.41, 5.74) is 3.70. The minimum Gasteiger partial charge on any atom is -0.496 e. The van der Waals surface area contributed by atoms with Crippen molar-refractivity contribution in [3.63, 3.8) is 0 Å². The van der Waals surface area contributed by atoms with Crippen LogP contribution in [0.4, 0.5) is 0 Å². The first-order valence-electron chi connectivity index (χ1n) is 6.78. The Morgan fingerprint density at radius 3 is 2.37 bits per heavy atom. The van der Waals surface area contributed by atoms with E-state index in [1.165, 1.54) is 11.1 Å². The van der Waals surface area contributed by atoms with Gasteiger partial charge in [-0.15, -0.1) is 0 Å². The zero-order valence-electron chi connectivity index (χ0n) is 11.6. The summed E-state index contributed by atoms with van der Waals surface area (Å²) in [6.45, 7) is 4.11. The molecule has 2 aromatic rings. The van der Waals surface area contributed by atoms with Gasteiger partial charge in [-0.05, 0) is 30.2 Å². The van der Waals surface area contributed by atoms with Crippen molar-refractivity contribution >= 4 is 0 Å². The number of hydrogen-bond donors (Lipinski definition) is 1. The molecule has 0 heterocycles. The van der Waals surface area contributed by atoms with Gasteiger partial charge in [-0.1, -0.05) is 49.4 Å². The minimum atomic E-state index is 0.891. The van der Waals surface area contributed by atoms with Gasteiger partial charge in [-0.3, -0.25) is 0 Å². The Labute approximate surface area is 115 Å². The fourth-order valence-electron chi connectivity index (χ4n) is 2.20. The molecule has 0 radical (unpaired) electrons. The van der Waals surface area contributed by atoms with E-state index in [9.17, 15) is 0 Å². The molecule has 19 heavy (non-hydrogen) atoms. The third kappa shape index (κ3) is 3.36. The molecule has 0 aliphatic heterocycles. The number of ether oxygens (including phenoxy) is 1. The summed E-state index contributed by atoms with van der Waals surface area (Å²) in [6.07, 6.45) is 1.15. The first kappa shape index (κ1) is 13.6. The molecule has 0 atom stereocenters. The van der Waals surface area contributed by atoms with Crippen LogP contribution in [0.3, 0.4) is 0 Å². The molecule has 1 N–H and O–H groups in total. The maximum atomic E-state index is 5.46. The Balaban J connectivity index is 2.33. The third-order valence-corrected chi connectivity index (χ3v) is 3.16. The fraction of sp³-hybridized carbons (Fsp3) is 0.294. The molecular formula is C17H21NO. The number of hydrogen-bond acceptors (Lipinski definition) is 2. The lowest BCUT2D eigenvalue weighted by atomic mass is 9.99. The molecular weight excluding hydrogens is 234 g/mol. The highest BCUT2D eigenvalue weighted by Gasteiger charge is 2.08. The molecule has 0 aromatic heterocycles. The number of nitrogens with one attached hydrogen (secondary N) is 1. The van der Waals surface area contributed by atoms with Gasteiger partial charge in [0.1, 0.15) is 5.75 Å².